The van der Waals surface area contributed by atoms with Gasteiger partial charge in [0.25, 0.3) is 0 Å². The fourth-order valence-corrected chi connectivity index (χ4v) is 26.5. The quantitative estimate of drug-likeness (QED) is 0.0680. The summed E-state index contributed by atoms with van der Waals surface area (Å²) in [4.78, 5) is 38.4. The molecule has 1 amide bonds. The highest BCUT2D eigenvalue weighted by molar-refractivity contribution is 6.21. The molecule has 0 aromatic carbocycles. The standard InChI is InChI=1S/C78H126ClN7O5/c1-46-17-33-58(34-18-46)86(70-40-28-51-26-25-49-11-8-12-50-27-37-64(70)72(51)71(49)50)59-35-23-48(24-36-59)20-19-47-21-29-55(30-22-47)80-78(90)67-42-53-10-3-5-14-61(53)74(77(67)89)84-82-57-32-39-63-62-38-31-56(43-65(62)76(88)66(63)44-57)81-83-73-60-13-4-2-9-52(60)41-54(75(73)87)45-91-85-69-16-7-6-15-68(69)79/h46-75,77,85,87,89H,2-45H2,1H3,(H,80,90). The molecule has 91 heavy (non-hydrogen) atoms. The number of hydrogen-bond donors (Lipinski definition) is 4. The maximum atomic E-state index is 14.5. The number of amides is 1. The molecule has 15 aliphatic carbocycles. The Morgan fingerprint density at radius 3 is 1.68 bits per heavy atom. The first-order valence-electron chi connectivity index (χ1n) is 40.4. The van der Waals surface area contributed by atoms with Crippen molar-refractivity contribution in [1.82, 2.24) is 15.7 Å². The molecule has 0 radical (unpaired) electrons. The zero-order valence-corrected chi connectivity index (χ0v) is 57.5. The van der Waals surface area contributed by atoms with Gasteiger partial charge in [-0.25, -0.2) is 0 Å². The number of nitrogens with one attached hydrogen (secondary N) is 2. The summed E-state index contributed by atoms with van der Waals surface area (Å²) in [6.45, 7) is 2.99. The molecule has 13 heteroatoms. The van der Waals surface area contributed by atoms with E-state index in [0.29, 0.717) is 42.0 Å². The minimum absolute atomic E-state index is 0.0107. The topological polar surface area (TPSA) is 161 Å². The molecule has 0 heterocycles. The van der Waals surface area contributed by atoms with Crippen LogP contribution < -0.4 is 10.8 Å². The van der Waals surface area contributed by atoms with Crippen molar-refractivity contribution in [2.24, 2.45) is 133 Å². The summed E-state index contributed by atoms with van der Waals surface area (Å²) in [5.74, 6) is 11.3. The summed E-state index contributed by atoms with van der Waals surface area (Å²) >= 11 is 6.64. The second-order valence-corrected chi connectivity index (χ2v) is 36.1. The molecule has 25 atom stereocenters. The van der Waals surface area contributed by atoms with E-state index < -0.39 is 18.1 Å². The number of carbonyl (C=O) groups is 2. The Kier molecular flexibility index (Phi) is 21.2. The van der Waals surface area contributed by atoms with Gasteiger partial charge in [0.2, 0.25) is 5.91 Å². The molecule has 0 aromatic rings. The second kappa shape index (κ2) is 29.5. The third kappa shape index (κ3) is 14.0. The van der Waals surface area contributed by atoms with Gasteiger partial charge < -0.3 is 20.4 Å². The van der Waals surface area contributed by atoms with Crippen molar-refractivity contribution in [1.29, 1.82) is 0 Å². The van der Waals surface area contributed by atoms with E-state index in [1.54, 1.807) is 38.5 Å². The molecule has 510 valence electrons. The number of alkyl halides is 1. The lowest BCUT2D eigenvalue weighted by molar-refractivity contribution is -0.135. The Hall–Kier alpha value is -1.57. The van der Waals surface area contributed by atoms with E-state index in [-0.39, 0.29) is 71.2 Å². The molecule has 0 aromatic heterocycles. The SMILES string of the molecule is CC1CCC(N(C2CCC(CCC3CCC(NC(=O)C4CC5CCCCC5C(N=NC5CCC6C(C5)C(=O)C5CC(N=NC7C(O)C(CONC8CCCCC8Cl)CC8CCCCC87)CCC56)C4O)CC3)CC2)C2CCC3CCC4CCCC5CCC2C3C45)CC1. The number of carbonyl (C=O) groups excluding carboxylic acids is 2. The number of nitrogens with zero attached hydrogens (tertiary/aromatic N) is 5. The van der Waals surface area contributed by atoms with Crippen LogP contribution >= 0.6 is 11.6 Å². The predicted molar refractivity (Wildman–Crippen MR) is 360 cm³/mol. The average molecular weight is 1280 g/mol. The smallest absolute Gasteiger partial charge is 0.226 e. The van der Waals surface area contributed by atoms with Gasteiger partial charge in [0.15, 0.2) is 0 Å². The van der Waals surface area contributed by atoms with E-state index >= 15 is 0 Å². The highest BCUT2D eigenvalue weighted by Gasteiger charge is 2.58. The largest absolute Gasteiger partial charge is 0.390 e. The summed E-state index contributed by atoms with van der Waals surface area (Å²) in [7, 11) is 0. The zero-order valence-electron chi connectivity index (χ0n) is 56.7. The number of hydroxylamine groups is 1. The van der Waals surface area contributed by atoms with Gasteiger partial charge in [-0.2, -0.15) is 25.9 Å². The van der Waals surface area contributed by atoms with Crippen molar-refractivity contribution in [3.8, 4) is 0 Å². The van der Waals surface area contributed by atoms with E-state index in [0.717, 1.165) is 174 Å². The lowest BCUT2D eigenvalue weighted by Crippen LogP contribution is -2.61. The third-order valence-electron chi connectivity index (χ3n) is 30.9. The summed E-state index contributed by atoms with van der Waals surface area (Å²) < 4.78 is 0. The number of rotatable bonds is 16. The summed E-state index contributed by atoms with van der Waals surface area (Å²) in [5, 5.41) is 48.2. The molecule has 12 nitrogen and oxygen atoms in total. The fraction of sp³-hybridized carbons (Fsp3) is 0.974. The molecule has 15 saturated carbocycles. The summed E-state index contributed by atoms with van der Waals surface area (Å²) in [6.07, 6.45) is 52.2. The summed E-state index contributed by atoms with van der Waals surface area (Å²) in [6, 6.07) is 2.32. The number of fused-ring (bicyclic) bond motifs is 5. The molecule has 0 aliphatic heterocycles. The van der Waals surface area contributed by atoms with Crippen LogP contribution in [-0.2, 0) is 14.4 Å². The summed E-state index contributed by atoms with van der Waals surface area (Å²) in [5.41, 5.74) is 3.27. The van der Waals surface area contributed by atoms with Crippen LogP contribution in [0.25, 0.3) is 0 Å². The van der Waals surface area contributed by atoms with Gasteiger partial charge in [-0.15, -0.1) is 11.6 Å². The number of halogens is 1. The molecule has 15 aliphatic rings. The van der Waals surface area contributed by atoms with E-state index in [2.05, 4.69) is 22.6 Å². The fourth-order valence-electron chi connectivity index (χ4n) is 26.2. The first-order chi connectivity index (χ1) is 44.6. The van der Waals surface area contributed by atoms with Gasteiger partial charge in [-0.05, 0) is 281 Å². The normalized spacial score (nSPS) is 50.1. The maximum absolute atomic E-state index is 14.5. The van der Waals surface area contributed by atoms with Gasteiger partial charge >= 0.3 is 0 Å². The highest BCUT2D eigenvalue weighted by atomic mass is 35.5. The first-order valence-corrected chi connectivity index (χ1v) is 40.8. The molecule has 25 unspecified atom stereocenters. The lowest BCUT2D eigenvalue weighted by Gasteiger charge is -2.62. The molecule has 15 fully saturated rings. The number of aliphatic hydroxyl groups excluding tert-OH is 2. The van der Waals surface area contributed by atoms with Crippen LogP contribution in [0.4, 0.5) is 0 Å². The van der Waals surface area contributed by atoms with Crippen LogP contribution in [0.3, 0.4) is 0 Å². The minimum Gasteiger partial charge on any atom is -0.390 e. The van der Waals surface area contributed by atoms with Crippen LogP contribution in [0.5, 0.6) is 0 Å². The van der Waals surface area contributed by atoms with Crippen LogP contribution in [0, 0.1) is 112 Å². The lowest BCUT2D eigenvalue weighted by atomic mass is 9.47. The third-order valence-corrected chi connectivity index (χ3v) is 31.4. The van der Waals surface area contributed by atoms with Crippen molar-refractivity contribution in [3.05, 3.63) is 0 Å². The van der Waals surface area contributed by atoms with Crippen LogP contribution in [0.15, 0.2) is 20.5 Å². The number of azo groups is 2. The molecule has 0 spiro atoms. The average Bonchev–Trinajstić information content (AvgIpc) is 1.22. The van der Waals surface area contributed by atoms with E-state index in [4.69, 9.17) is 36.9 Å². The van der Waals surface area contributed by atoms with E-state index in [1.807, 2.05) is 0 Å². The molecular weight excluding hydrogens is 1150 g/mol. The zero-order chi connectivity index (χ0) is 61.7. The van der Waals surface area contributed by atoms with E-state index in [9.17, 15) is 19.8 Å². The Morgan fingerprint density at radius 1 is 0.505 bits per heavy atom. The van der Waals surface area contributed by atoms with Gasteiger partial charge in [0.05, 0.1) is 42.2 Å². The second-order valence-electron chi connectivity index (χ2n) is 35.6. The monoisotopic (exact) mass is 1280 g/mol. The van der Waals surface area contributed by atoms with Gasteiger partial charge in [-0.3, -0.25) is 14.5 Å². The Balaban J connectivity index is 0.512. The highest BCUT2D eigenvalue weighted by Crippen LogP contribution is 2.62. The number of aliphatic hydroxyl groups is 2. The van der Waals surface area contributed by atoms with E-state index in [1.165, 1.54) is 135 Å². The molecule has 0 bridgehead atoms. The number of hydrogen-bond acceptors (Lipinski definition) is 11. The van der Waals surface area contributed by atoms with Crippen molar-refractivity contribution >= 4 is 23.3 Å². The Morgan fingerprint density at radius 2 is 1.03 bits per heavy atom. The van der Waals surface area contributed by atoms with Crippen molar-refractivity contribution in [2.45, 2.75) is 355 Å². The predicted octanol–water partition coefficient (Wildman–Crippen LogP) is 16.8. The molecular formula is C78H126ClN7O5. The molecule has 4 N–H and O–H groups in total. The Bertz CT molecular complexity index is 2460. The van der Waals surface area contributed by atoms with Crippen LogP contribution in [0.2, 0.25) is 0 Å². The van der Waals surface area contributed by atoms with Crippen molar-refractivity contribution in [3.63, 3.8) is 0 Å². The molecule has 0 saturated heterocycles. The number of ketones is 1. The first kappa shape index (κ1) is 65.4. The van der Waals surface area contributed by atoms with Crippen LogP contribution in [0.1, 0.15) is 283 Å². The maximum Gasteiger partial charge on any atom is 0.226 e. The van der Waals surface area contributed by atoms with Gasteiger partial charge in [-0.1, -0.05) is 90.4 Å². The minimum atomic E-state index is -0.821. The van der Waals surface area contributed by atoms with Crippen LogP contribution in [-0.4, -0.2) is 105 Å². The van der Waals surface area contributed by atoms with Gasteiger partial charge in [0, 0.05) is 48.0 Å². The van der Waals surface area contributed by atoms with Crippen molar-refractivity contribution in [2.75, 3.05) is 6.61 Å². The molecule has 15 rings (SSSR count). The Labute approximate surface area is 555 Å². The van der Waals surface area contributed by atoms with Gasteiger partial charge in [0.1, 0.15) is 17.9 Å². The number of Topliss-reactive ketones (excluding diaryl/α,β-unsaturated/α-hetero) is 1. The van der Waals surface area contributed by atoms with Crippen molar-refractivity contribution < 1.29 is 24.6 Å².